The lowest BCUT2D eigenvalue weighted by Gasteiger charge is -2.26. The summed E-state index contributed by atoms with van der Waals surface area (Å²) >= 11 is 6.60. The van der Waals surface area contributed by atoms with Gasteiger partial charge in [0.15, 0.2) is 5.78 Å². The second kappa shape index (κ2) is 6.49. The summed E-state index contributed by atoms with van der Waals surface area (Å²) in [6.07, 6.45) is 8.05. The van der Waals surface area contributed by atoms with Crippen molar-refractivity contribution in [2.45, 2.75) is 38.5 Å². The molecular weight excluding hydrogens is 332 g/mol. The average Bonchev–Trinajstić information content (AvgIpc) is 2.89. The number of hydrogen-bond donors (Lipinski definition) is 1. The molecule has 3 heteroatoms. The Kier molecular flexibility index (Phi) is 4.33. The van der Waals surface area contributed by atoms with E-state index in [0.29, 0.717) is 10.6 Å². The third-order valence-corrected chi connectivity index (χ3v) is 6.32. The van der Waals surface area contributed by atoms with E-state index in [-0.39, 0.29) is 35.2 Å². The van der Waals surface area contributed by atoms with Crippen molar-refractivity contribution in [1.29, 1.82) is 0 Å². The molecule has 0 spiro atoms. The molecule has 1 fully saturated rings. The van der Waals surface area contributed by atoms with Crippen molar-refractivity contribution in [2.75, 3.05) is 0 Å². The molecule has 2 nitrogen and oxygen atoms in total. The smallest absolute Gasteiger partial charge is 0.170 e. The average molecular weight is 355 g/mol. The van der Waals surface area contributed by atoms with Gasteiger partial charge in [-0.25, -0.2) is 0 Å². The first-order chi connectivity index (χ1) is 12.1. The predicted octanol–water partition coefficient (Wildman–Crippen LogP) is 5.67. The van der Waals surface area contributed by atoms with Gasteiger partial charge in [0.1, 0.15) is 5.76 Å². The Labute approximate surface area is 153 Å². The molecule has 0 aliphatic heterocycles. The number of benzene rings is 1. The molecule has 4 atom stereocenters. The van der Waals surface area contributed by atoms with Crippen molar-refractivity contribution in [1.82, 2.24) is 0 Å². The van der Waals surface area contributed by atoms with Crippen molar-refractivity contribution >= 4 is 17.4 Å². The number of fused-ring (bicyclic) bond motifs is 1. The van der Waals surface area contributed by atoms with Crippen molar-refractivity contribution in [2.24, 2.45) is 17.8 Å². The summed E-state index contributed by atoms with van der Waals surface area (Å²) in [5.41, 5.74) is 2.43. The number of Topliss-reactive ketones (excluding diaryl/α,β-unsaturated/α-hetero) is 1. The van der Waals surface area contributed by atoms with E-state index in [0.717, 1.165) is 31.3 Å². The fourth-order valence-electron chi connectivity index (χ4n) is 4.66. The van der Waals surface area contributed by atoms with Crippen molar-refractivity contribution in [3.63, 3.8) is 0 Å². The van der Waals surface area contributed by atoms with E-state index in [1.807, 2.05) is 24.3 Å². The first kappa shape index (κ1) is 16.7. The summed E-state index contributed by atoms with van der Waals surface area (Å²) < 4.78 is 0. The Balaban J connectivity index is 1.69. The number of allylic oxidation sites excluding steroid dienone is 6. The number of carbonyl (C=O) groups is 1. The van der Waals surface area contributed by atoms with Gasteiger partial charge in [-0.1, -0.05) is 73.9 Å². The number of hydrogen-bond acceptors (Lipinski definition) is 2. The van der Waals surface area contributed by atoms with Crippen LogP contribution in [0.3, 0.4) is 0 Å². The summed E-state index contributed by atoms with van der Waals surface area (Å²) in [7, 11) is 0. The van der Waals surface area contributed by atoms with Gasteiger partial charge < -0.3 is 5.11 Å². The van der Waals surface area contributed by atoms with E-state index in [9.17, 15) is 9.90 Å². The second-order valence-corrected chi connectivity index (χ2v) is 7.92. The maximum Gasteiger partial charge on any atom is 0.170 e. The molecule has 0 amide bonds. The highest BCUT2D eigenvalue weighted by molar-refractivity contribution is 6.33. The molecule has 3 aliphatic rings. The van der Waals surface area contributed by atoms with Crippen LogP contribution in [0.15, 0.2) is 64.4 Å². The van der Waals surface area contributed by atoms with E-state index in [1.54, 1.807) is 0 Å². The molecule has 1 aromatic rings. The van der Waals surface area contributed by atoms with Crippen LogP contribution >= 0.6 is 11.6 Å². The quantitative estimate of drug-likeness (QED) is 0.742. The van der Waals surface area contributed by atoms with Crippen molar-refractivity contribution in [3.8, 4) is 0 Å². The Hall–Kier alpha value is -1.80. The molecule has 1 saturated carbocycles. The lowest BCUT2D eigenvalue weighted by molar-refractivity contribution is -0.119. The molecule has 0 bridgehead atoms. The third-order valence-electron chi connectivity index (χ3n) is 5.99. The molecule has 0 aromatic heterocycles. The minimum Gasteiger partial charge on any atom is -0.511 e. The van der Waals surface area contributed by atoms with Crippen LogP contribution in [0.4, 0.5) is 0 Å². The van der Waals surface area contributed by atoms with Crippen LogP contribution in [0, 0.1) is 17.8 Å². The Morgan fingerprint density at radius 1 is 1.04 bits per heavy atom. The monoisotopic (exact) mass is 354 g/mol. The zero-order chi connectivity index (χ0) is 17.6. The van der Waals surface area contributed by atoms with Gasteiger partial charge in [-0.2, -0.15) is 0 Å². The molecule has 25 heavy (non-hydrogen) atoms. The fourth-order valence-corrected chi connectivity index (χ4v) is 4.96. The maximum absolute atomic E-state index is 12.9. The standard InChI is InChI=1S/C22H23ClO2/c1-13-11-18(19(23)12-17(13)14-7-3-2-4-8-14)20-21(24)15-9-5-6-10-16(15)22(20)25/h2-4,7-8,11-13,15-17,24H,5-6,9-10H2,1H3. The Morgan fingerprint density at radius 3 is 2.40 bits per heavy atom. The van der Waals surface area contributed by atoms with Crippen molar-refractivity contribution in [3.05, 3.63) is 70.0 Å². The third kappa shape index (κ3) is 2.77. The van der Waals surface area contributed by atoms with Gasteiger partial charge in [-0.05, 0) is 24.3 Å². The van der Waals surface area contributed by atoms with Crippen LogP contribution in [0.2, 0.25) is 0 Å². The molecule has 1 N–H and O–H groups in total. The number of aliphatic hydroxyl groups is 1. The molecule has 4 unspecified atom stereocenters. The van der Waals surface area contributed by atoms with Crippen LogP contribution in [-0.2, 0) is 4.79 Å². The molecule has 3 aliphatic carbocycles. The topological polar surface area (TPSA) is 37.3 Å². The number of ketones is 1. The lowest BCUT2D eigenvalue weighted by Crippen LogP contribution is -2.22. The Morgan fingerprint density at radius 2 is 1.72 bits per heavy atom. The van der Waals surface area contributed by atoms with E-state index < -0.39 is 0 Å². The second-order valence-electron chi connectivity index (χ2n) is 7.51. The lowest BCUT2D eigenvalue weighted by atomic mass is 9.79. The van der Waals surface area contributed by atoms with E-state index in [1.165, 1.54) is 5.56 Å². The zero-order valence-corrected chi connectivity index (χ0v) is 15.2. The number of rotatable bonds is 2. The summed E-state index contributed by atoms with van der Waals surface area (Å²) in [6.45, 7) is 2.14. The molecule has 130 valence electrons. The zero-order valence-electron chi connectivity index (χ0n) is 14.4. The van der Waals surface area contributed by atoms with Gasteiger partial charge >= 0.3 is 0 Å². The minimum absolute atomic E-state index is 0.00349. The first-order valence-corrected chi connectivity index (χ1v) is 9.58. The molecular formula is C22H23ClO2. The van der Waals surface area contributed by atoms with E-state index >= 15 is 0 Å². The van der Waals surface area contributed by atoms with E-state index in [4.69, 9.17) is 11.6 Å². The highest BCUT2D eigenvalue weighted by atomic mass is 35.5. The first-order valence-electron chi connectivity index (χ1n) is 9.20. The fraction of sp³-hybridized carbons (Fsp3) is 0.409. The van der Waals surface area contributed by atoms with Gasteiger partial charge in [0, 0.05) is 28.4 Å². The Bertz CT molecular complexity index is 788. The molecule has 1 aromatic carbocycles. The van der Waals surface area contributed by atoms with Gasteiger partial charge in [-0.3, -0.25) is 4.79 Å². The van der Waals surface area contributed by atoms with Crippen LogP contribution in [0.1, 0.15) is 44.1 Å². The van der Waals surface area contributed by atoms with Crippen LogP contribution in [0.5, 0.6) is 0 Å². The SMILES string of the molecule is CC1C=C(C2=C(O)C3CCCCC3C2=O)C(Cl)=CC1c1ccccc1. The summed E-state index contributed by atoms with van der Waals surface area (Å²) in [6, 6.07) is 10.3. The minimum atomic E-state index is -0.0451. The predicted molar refractivity (Wildman–Crippen MR) is 100 cm³/mol. The number of aliphatic hydroxyl groups excluding tert-OH is 1. The van der Waals surface area contributed by atoms with Gasteiger partial charge in [0.25, 0.3) is 0 Å². The van der Waals surface area contributed by atoms with Gasteiger partial charge in [-0.15, -0.1) is 0 Å². The van der Waals surface area contributed by atoms with Crippen LogP contribution in [0.25, 0.3) is 0 Å². The molecule has 4 rings (SSSR count). The van der Waals surface area contributed by atoms with Crippen molar-refractivity contribution < 1.29 is 9.90 Å². The van der Waals surface area contributed by atoms with E-state index in [2.05, 4.69) is 25.1 Å². The molecule has 0 radical (unpaired) electrons. The summed E-state index contributed by atoms with van der Waals surface area (Å²) in [5, 5.41) is 11.3. The molecule has 0 heterocycles. The molecule has 0 saturated heterocycles. The maximum atomic E-state index is 12.9. The number of carbonyl (C=O) groups excluding carboxylic acids is 1. The number of halogens is 1. The normalized spacial score (nSPS) is 32.3. The summed E-state index contributed by atoms with van der Waals surface area (Å²) in [4.78, 5) is 12.9. The van der Waals surface area contributed by atoms with Gasteiger partial charge in [0.05, 0.1) is 5.57 Å². The van der Waals surface area contributed by atoms with Crippen LogP contribution in [-0.4, -0.2) is 10.9 Å². The highest BCUT2D eigenvalue weighted by Gasteiger charge is 2.45. The van der Waals surface area contributed by atoms with Crippen LogP contribution < -0.4 is 0 Å². The van der Waals surface area contributed by atoms with Gasteiger partial charge in [0.2, 0.25) is 0 Å². The summed E-state index contributed by atoms with van der Waals surface area (Å²) in [5.74, 6) is 0.734. The largest absolute Gasteiger partial charge is 0.511 e. The highest BCUT2D eigenvalue weighted by Crippen LogP contribution is 2.48.